The molecule has 114 valence electrons. The first-order valence-electron chi connectivity index (χ1n) is 7.19. The van der Waals surface area contributed by atoms with Gasteiger partial charge < -0.3 is 9.67 Å². The lowest BCUT2D eigenvalue weighted by molar-refractivity contribution is 0.0693. The zero-order valence-electron chi connectivity index (χ0n) is 12.2. The van der Waals surface area contributed by atoms with Crippen LogP contribution in [0.5, 0.6) is 0 Å². The molecule has 1 aromatic heterocycles. The molecule has 0 unspecified atom stereocenters. The highest BCUT2D eigenvalue weighted by Gasteiger charge is 2.33. The molecule has 1 fully saturated rings. The molecule has 5 heteroatoms. The molecule has 2 aromatic rings. The highest BCUT2D eigenvalue weighted by atomic mass is 19.1. The van der Waals surface area contributed by atoms with E-state index in [0.29, 0.717) is 12.2 Å². The van der Waals surface area contributed by atoms with Crippen molar-refractivity contribution in [2.45, 2.75) is 32.2 Å². The van der Waals surface area contributed by atoms with Crippen LogP contribution in [0.3, 0.4) is 0 Å². The maximum absolute atomic E-state index is 13.0. The SMILES string of the molecule is Cc1cc(=O)c(C(=O)O)c(C2CC2)n1Cc1ccc(F)cc1. The Hall–Kier alpha value is -2.43. The lowest BCUT2D eigenvalue weighted by Crippen LogP contribution is -2.24. The summed E-state index contributed by atoms with van der Waals surface area (Å²) in [5.41, 5.74) is 1.62. The number of aryl methyl sites for hydroxylation is 1. The first kappa shape index (κ1) is 14.5. The van der Waals surface area contributed by atoms with Crippen molar-refractivity contribution in [3.8, 4) is 0 Å². The Morgan fingerprint density at radius 3 is 2.50 bits per heavy atom. The first-order valence-corrected chi connectivity index (χ1v) is 7.19. The van der Waals surface area contributed by atoms with Crippen LogP contribution in [0.2, 0.25) is 0 Å². The number of aromatic nitrogens is 1. The minimum Gasteiger partial charge on any atom is -0.477 e. The summed E-state index contributed by atoms with van der Waals surface area (Å²) < 4.78 is 14.9. The smallest absolute Gasteiger partial charge is 0.341 e. The molecule has 1 aliphatic rings. The molecule has 1 saturated carbocycles. The molecule has 3 rings (SSSR count). The van der Waals surface area contributed by atoms with Crippen LogP contribution in [0.4, 0.5) is 4.39 Å². The van der Waals surface area contributed by atoms with E-state index >= 15 is 0 Å². The van der Waals surface area contributed by atoms with Crippen LogP contribution in [-0.4, -0.2) is 15.6 Å². The van der Waals surface area contributed by atoms with Crippen molar-refractivity contribution in [1.29, 1.82) is 0 Å². The number of aromatic carboxylic acids is 1. The number of benzene rings is 1. The van der Waals surface area contributed by atoms with E-state index in [9.17, 15) is 19.1 Å². The second kappa shape index (κ2) is 5.40. The van der Waals surface area contributed by atoms with Crippen LogP contribution in [0.1, 0.15) is 46.1 Å². The van der Waals surface area contributed by atoms with Crippen molar-refractivity contribution in [2.75, 3.05) is 0 Å². The number of rotatable bonds is 4. The number of nitrogens with zero attached hydrogens (tertiary/aromatic N) is 1. The molecule has 1 N–H and O–H groups in total. The molecule has 0 aliphatic heterocycles. The van der Waals surface area contributed by atoms with Gasteiger partial charge in [-0.1, -0.05) is 12.1 Å². The summed E-state index contributed by atoms with van der Waals surface area (Å²) >= 11 is 0. The topological polar surface area (TPSA) is 59.3 Å². The fourth-order valence-corrected chi connectivity index (χ4v) is 2.77. The standard InChI is InChI=1S/C17H16FNO3/c1-10-8-14(20)15(17(21)22)16(12-4-5-12)19(10)9-11-2-6-13(18)7-3-11/h2-3,6-8,12H,4-5,9H2,1H3,(H,21,22). The van der Waals surface area contributed by atoms with E-state index in [4.69, 9.17) is 0 Å². The molecule has 0 amide bonds. The van der Waals surface area contributed by atoms with Crippen molar-refractivity contribution in [2.24, 2.45) is 0 Å². The molecule has 0 saturated heterocycles. The maximum atomic E-state index is 13.0. The van der Waals surface area contributed by atoms with Crippen LogP contribution >= 0.6 is 0 Å². The minimum absolute atomic E-state index is 0.124. The van der Waals surface area contributed by atoms with Gasteiger partial charge in [-0.3, -0.25) is 4.79 Å². The summed E-state index contributed by atoms with van der Waals surface area (Å²) in [5, 5.41) is 9.38. The molecule has 1 heterocycles. The van der Waals surface area contributed by atoms with Crippen LogP contribution in [0.15, 0.2) is 35.1 Å². The molecule has 1 aliphatic carbocycles. The van der Waals surface area contributed by atoms with E-state index in [1.165, 1.54) is 18.2 Å². The minimum atomic E-state index is -1.18. The predicted molar refractivity (Wildman–Crippen MR) is 79.9 cm³/mol. The van der Waals surface area contributed by atoms with Gasteiger partial charge in [0.05, 0.1) is 0 Å². The van der Waals surface area contributed by atoms with Gasteiger partial charge in [0, 0.05) is 29.9 Å². The van der Waals surface area contributed by atoms with Gasteiger partial charge in [0.25, 0.3) is 0 Å². The predicted octanol–water partition coefficient (Wildman–Crippen LogP) is 2.92. The average molecular weight is 301 g/mol. The van der Waals surface area contributed by atoms with Gasteiger partial charge in [-0.25, -0.2) is 9.18 Å². The van der Waals surface area contributed by atoms with Crippen molar-refractivity contribution >= 4 is 5.97 Å². The average Bonchev–Trinajstić information content (AvgIpc) is 3.27. The van der Waals surface area contributed by atoms with Gasteiger partial charge in [0.1, 0.15) is 11.4 Å². The molecule has 0 radical (unpaired) electrons. The number of hydrogen-bond acceptors (Lipinski definition) is 2. The Morgan fingerprint density at radius 1 is 1.32 bits per heavy atom. The Balaban J connectivity index is 2.13. The number of carbonyl (C=O) groups is 1. The quantitative estimate of drug-likeness (QED) is 0.944. The Kier molecular flexibility index (Phi) is 3.56. The van der Waals surface area contributed by atoms with Crippen LogP contribution < -0.4 is 5.43 Å². The molecule has 22 heavy (non-hydrogen) atoms. The molecule has 1 aromatic carbocycles. The number of hydrogen-bond donors (Lipinski definition) is 1. The fourth-order valence-electron chi connectivity index (χ4n) is 2.77. The Bertz CT molecular complexity index is 789. The highest BCUT2D eigenvalue weighted by Crippen LogP contribution is 2.41. The molecular formula is C17H16FNO3. The fraction of sp³-hybridized carbons (Fsp3) is 0.294. The normalized spacial score (nSPS) is 14.1. The maximum Gasteiger partial charge on any atom is 0.341 e. The summed E-state index contributed by atoms with van der Waals surface area (Å²) in [4.78, 5) is 23.5. The van der Waals surface area contributed by atoms with Crippen LogP contribution in [-0.2, 0) is 6.54 Å². The largest absolute Gasteiger partial charge is 0.477 e. The second-order valence-electron chi connectivity index (χ2n) is 5.70. The van der Waals surface area contributed by atoms with Gasteiger partial charge >= 0.3 is 5.97 Å². The van der Waals surface area contributed by atoms with Crippen LogP contribution in [0.25, 0.3) is 0 Å². The van der Waals surface area contributed by atoms with E-state index in [1.807, 2.05) is 4.57 Å². The van der Waals surface area contributed by atoms with Crippen molar-refractivity contribution < 1.29 is 14.3 Å². The third-order valence-corrected chi connectivity index (χ3v) is 3.99. The zero-order valence-corrected chi connectivity index (χ0v) is 12.2. The van der Waals surface area contributed by atoms with E-state index < -0.39 is 11.4 Å². The third kappa shape index (κ3) is 2.66. The molecular weight excluding hydrogens is 285 g/mol. The molecule has 0 atom stereocenters. The van der Waals surface area contributed by atoms with Crippen molar-refractivity contribution in [1.82, 2.24) is 4.57 Å². The highest BCUT2D eigenvalue weighted by molar-refractivity contribution is 5.89. The lowest BCUT2D eigenvalue weighted by Gasteiger charge is -2.19. The van der Waals surface area contributed by atoms with E-state index in [1.54, 1.807) is 19.1 Å². The monoisotopic (exact) mass is 301 g/mol. The van der Waals surface area contributed by atoms with Gasteiger partial charge in [-0.15, -0.1) is 0 Å². The van der Waals surface area contributed by atoms with Gasteiger partial charge in [-0.2, -0.15) is 0 Å². The summed E-state index contributed by atoms with van der Waals surface area (Å²) in [6.07, 6.45) is 1.79. The second-order valence-corrected chi connectivity index (χ2v) is 5.70. The van der Waals surface area contributed by atoms with Gasteiger partial charge in [-0.05, 0) is 37.5 Å². The molecule has 0 bridgehead atoms. The van der Waals surface area contributed by atoms with Crippen LogP contribution in [0, 0.1) is 12.7 Å². The van der Waals surface area contributed by atoms with Crippen molar-refractivity contribution in [3.63, 3.8) is 0 Å². The molecule has 0 spiro atoms. The third-order valence-electron chi connectivity index (χ3n) is 3.99. The van der Waals surface area contributed by atoms with E-state index in [0.717, 1.165) is 24.1 Å². The van der Waals surface area contributed by atoms with Gasteiger partial charge in [0.15, 0.2) is 5.43 Å². The van der Waals surface area contributed by atoms with Crippen molar-refractivity contribution in [3.05, 3.63) is 68.9 Å². The number of carboxylic acid groups (broad SMARTS) is 1. The Morgan fingerprint density at radius 2 is 1.95 bits per heavy atom. The van der Waals surface area contributed by atoms with E-state index in [2.05, 4.69) is 0 Å². The number of pyridine rings is 1. The summed E-state index contributed by atoms with van der Waals surface area (Å²) in [5.74, 6) is -1.37. The number of halogens is 1. The van der Waals surface area contributed by atoms with E-state index in [-0.39, 0.29) is 17.3 Å². The molecule has 4 nitrogen and oxygen atoms in total. The lowest BCUT2D eigenvalue weighted by atomic mass is 10.1. The summed E-state index contributed by atoms with van der Waals surface area (Å²) in [7, 11) is 0. The number of carboxylic acids is 1. The van der Waals surface area contributed by atoms with Gasteiger partial charge in [0.2, 0.25) is 0 Å². The summed E-state index contributed by atoms with van der Waals surface area (Å²) in [6.45, 7) is 2.22. The zero-order chi connectivity index (χ0) is 15.9. The first-order chi connectivity index (χ1) is 10.5. The summed E-state index contributed by atoms with van der Waals surface area (Å²) in [6, 6.07) is 7.46. The Labute approximate surface area is 126 Å².